The summed E-state index contributed by atoms with van der Waals surface area (Å²) in [5, 5.41) is 17.1. The van der Waals surface area contributed by atoms with Gasteiger partial charge < -0.3 is 21.3 Å². The second kappa shape index (κ2) is 8.37. The fourth-order valence-corrected chi connectivity index (χ4v) is 2.86. The molecule has 0 unspecified atom stereocenters. The fourth-order valence-electron chi connectivity index (χ4n) is 2.86. The molecule has 0 aliphatic rings. The van der Waals surface area contributed by atoms with Crippen LogP contribution in [-0.4, -0.2) is 16.9 Å². The summed E-state index contributed by atoms with van der Waals surface area (Å²) in [5.41, 5.74) is 15.1. The Bertz CT molecular complexity index is 1030. The first-order valence-corrected chi connectivity index (χ1v) is 8.70. The van der Waals surface area contributed by atoms with Gasteiger partial charge in [0.15, 0.2) is 0 Å². The van der Waals surface area contributed by atoms with Gasteiger partial charge >= 0.3 is 5.97 Å². The quantitative estimate of drug-likeness (QED) is 0.372. The van der Waals surface area contributed by atoms with E-state index in [2.05, 4.69) is 0 Å². The molecule has 0 bridgehead atoms. The highest BCUT2D eigenvalue weighted by Gasteiger charge is 2.10. The van der Waals surface area contributed by atoms with Crippen LogP contribution in [0, 0.1) is 5.41 Å². The molecule has 3 aromatic rings. The van der Waals surface area contributed by atoms with Crippen molar-refractivity contribution in [3.05, 3.63) is 89.0 Å². The SMILES string of the molecule is N=C(N)c1cccc(-c2cc(COc3cccc(CN)c3)cc(C(=O)O)c2)c1. The lowest BCUT2D eigenvalue weighted by atomic mass is 9.98. The van der Waals surface area contributed by atoms with Gasteiger partial charge in [-0.1, -0.05) is 30.3 Å². The molecule has 0 aliphatic carbocycles. The van der Waals surface area contributed by atoms with Gasteiger partial charge in [0.2, 0.25) is 0 Å². The van der Waals surface area contributed by atoms with Crippen molar-refractivity contribution in [2.75, 3.05) is 0 Å². The van der Waals surface area contributed by atoms with Crippen LogP contribution in [-0.2, 0) is 13.2 Å². The highest BCUT2D eigenvalue weighted by atomic mass is 16.5. The Morgan fingerprint density at radius 3 is 2.39 bits per heavy atom. The molecule has 0 saturated carbocycles. The van der Waals surface area contributed by atoms with Gasteiger partial charge in [0.05, 0.1) is 5.56 Å². The molecule has 0 atom stereocenters. The van der Waals surface area contributed by atoms with Crippen molar-refractivity contribution in [2.24, 2.45) is 11.5 Å². The van der Waals surface area contributed by atoms with Crippen LogP contribution in [0.5, 0.6) is 5.75 Å². The minimum Gasteiger partial charge on any atom is -0.489 e. The number of nitrogens with two attached hydrogens (primary N) is 2. The van der Waals surface area contributed by atoms with E-state index in [0.29, 0.717) is 17.9 Å². The Hall–Kier alpha value is -3.64. The number of carbonyl (C=O) groups is 1. The number of amidine groups is 1. The van der Waals surface area contributed by atoms with Gasteiger partial charge in [-0.05, 0) is 58.7 Å². The van der Waals surface area contributed by atoms with Gasteiger partial charge in [0.25, 0.3) is 0 Å². The Kier molecular flexibility index (Phi) is 5.72. The van der Waals surface area contributed by atoms with E-state index >= 15 is 0 Å². The molecule has 0 amide bonds. The van der Waals surface area contributed by atoms with E-state index in [-0.39, 0.29) is 18.0 Å². The summed E-state index contributed by atoms with van der Waals surface area (Å²) in [6.07, 6.45) is 0. The van der Waals surface area contributed by atoms with E-state index in [1.54, 1.807) is 30.3 Å². The predicted molar refractivity (Wildman–Crippen MR) is 109 cm³/mol. The maximum absolute atomic E-state index is 11.6. The van der Waals surface area contributed by atoms with Gasteiger partial charge in [0, 0.05) is 12.1 Å². The molecule has 6 nitrogen and oxygen atoms in total. The van der Waals surface area contributed by atoms with Crippen LogP contribution >= 0.6 is 0 Å². The zero-order valence-electron chi connectivity index (χ0n) is 15.2. The van der Waals surface area contributed by atoms with Gasteiger partial charge in [-0.15, -0.1) is 0 Å². The van der Waals surface area contributed by atoms with Crippen LogP contribution in [0.4, 0.5) is 0 Å². The molecule has 0 fully saturated rings. The third kappa shape index (κ3) is 4.55. The largest absolute Gasteiger partial charge is 0.489 e. The number of nitrogens with one attached hydrogen (secondary N) is 1. The Morgan fingerprint density at radius 1 is 0.929 bits per heavy atom. The number of hydrogen-bond donors (Lipinski definition) is 4. The average molecular weight is 375 g/mol. The highest BCUT2D eigenvalue weighted by Crippen LogP contribution is 2.25. The standard InChI is InChI=1S/C22H21N3O3/c23-12-14-3-1-6-20(9-14)28-13-15-7-18(11-19(8-15)22(26)27)16-4-2-5-17(10-16)21(24)25/h1-11H,12-13,23H2,(H3,24,25)(H,26,27). The predicted octanol–water partition coefficient (Wildman–Crippen LogP) is 3.37. The molecular weight excluding hydrogens is 354 g/mol. The molecule has 0 spiro atoms. The molecule has 0 aliphatic heterocycles. The van der Waals surface area contributed by atoms with Crippen molar-refractivity contribution in [2.45, 2.75) is 13.2 Å². The maximum Gasteiger partial charge on any atom is 0.335 e. The Labute approximate surface area is 162 Å². The van der Waals surface area contributed by atoms with Crippen molar-refractivity contribution < 1.29 is 14.6 Å². The summed E-state index contributed by atoms with van der Waals surface area (Å²) in [6, 6.07) is 19.7. The number of aromatic carboxylic acids is 1. The van der Waals surface area contributed by atoms with Crippen LogP contribution in [0.3, 0.4) is 0 Å². The first-order chi connectivity index (χ1) is 13.5. The van der Waals surface area contributed by atoms with Crippen LogP contribution in [0.2, 0.25) is 0 Å². The van der Waals surface area contributed by atoms with E-state index in [4.69, 9.17) is 21.6 Å². The molecule has 0 heterocycles. The van der Waals surface area contributed by atoms with E-state index < -0.39 is 5.97 Å². The smallest absolute Gasteiger partial charge is 0.335 e. The average Bonchev–Trinajstić information content (AvgIpc) is 2.72. The van der Waals surface area contributed by atoms with E-state index in [0.717, 1.165) is 22.3 Å². The zero-order chi connectivity index (χ0) is 20.1. The minimum absolute atomic E-state index is 0.0421. The second-order valence-corrected chi connectivity index (χ2v) is 6.36. The fraction of sp³-hybridized carbons (Fsp3) is 0.0909. The Morgan fingerprint density at radius 2 is 1.68 bits per heavy atom. The van der Waals surface area contributed by atoms with Gasteiger partial charge in [-0.2, -0.15) is 0 Å². The molecule has 6 heteroatoms. The molecular formula is C22H21N3O3. The van der Waals surface area contributed by atoms with E-state index in [1.807, 2.05) is 36.4 Å². The summed E-state index contributed by atoms with van der Waals surface area (Å²) in [6.45, 7) is 0.636. The number of rotatable bonds is 7. The third-order valence-corrected chi connectivity index (χ3v) is 4.29. The number of nitrogen functional groups attached to an aromatic ring is 1. The molecule has 28 heavy (non-hydrogen) atoms. The van der Waals surface area contributed by atoms with Crippen LogP contribution < -0.4 is 16.2 Å². The minimum atomic E-state index is -1.02. The van der Waals surface area contributed by atoms with Gasteiger partial charge in [-0.3, -0.25) is 5.41 Å². The summed E-state index contributed by atoms with van der Waals surface area (Å²) in [7, 11) is 0. The van der Waals surface area contributed by atoms with E-state index in [9.17, 15) is 9.90 Å². The van der Waals surface area contributed by atoms with Gasteiger partial charge in [-0.25, -0.2) is 4.79 Å². The third-order valence-electron chi connectivity index (χ3n) is 4.29. The number of ether oxygens (including phenoxy) is 1. The van der Waals surface area contributed by atoms with Gasteiger partial charge in [0.1, 0.15) is 18.2 Å². The number of benzene rings is 3. The molecule has 6 N–H and O–H groups in total. The molecule has 0 aromatic heterocycles. The summed E-state index contributed by atoms with van der Waals surface area (Å²) in [4.78, 5) is 11.6. The lowest BCUT2D eigenvalue weighted by molar-refractivity contribution is 0.0696. The molecule has 142 valence electrons. The lowest BCUT2D eigenvalue weighted by Crippen LogP contribution is -2.10. The summed E-state index contributed by atoms with van der Waals surface area (Å²) in [5.74, 6) is -0.390. The van der Waals surface area contributed by atoms with E-state index in [1.165, 1.54) is 0 Å². The molecule has 0 radical (unpaired) electrons. The molecule has 3 rings (SSSR count). The van der Waals surface area contributed by atoms with Crippen molar-refractivity contribution in [3.63, 3.8) is 0 Å². The molecule has 0 saturated heterocycles. The molecule has 3 aromatic carbocycles. The van der Waals surface area contributed by atoms with Crippen LogP contribution in [0.25, 0.3) is 11.1 Å². The maximum atomic E-state index is 11.6. The first kappa shape index (κ1) is 19.1. The summed E-state index contributed by atoms with van der Waals surface area (Å²) < 4.78 is 5.82. The monoisotopic (exact) mass is 375 g/mol. The number of hydrogen-bond acceptors (Lipinski definition) is 4. The van der Waals surface area contributed by atoms with Crippen molar-refractivity contribution in [1.82, 2.24) is 0 Å². The summed E-state index contributed by atoms with van der Waals surface area (Å²) >= 11 is 0. The van der Waals surface area contributed by atoms with Crippen LogP contribution in [0.15, 0.2) is 66.7 Å². The normalized spacial score (nSPS) is 10.5. The lowest BCUT2D eigenvalue weighted by Gasteiger charge is -2.11. The van der Waals surface area contributed by atoms with Crippen molar-refractivity contribution in [1.29, 1.82) is 5.41 Å². The first-order valence-electron chi connectivity index (χ1n) is 8.70. The van der Waals surface area contributed by atoms with Crippen molar-refractivity contribution in [3.8, 4) is 16.9 Å². The topological polar surface area (TPSA) is 122 Å². The van der Waals surface area contributed by atoms with Crippen LogP contribution in [0.1, 0.15) is 27.0 Å². The van der Waals surface area contributed by atoms with Crippen molar-refractivity contribution >= 4 is 11.8 Å². The number of carboxylic acid groups (broad SMARTS) is 1. The number of carboxylic acids is 1. The zero-order valence-corrected chi connectivity index (χ0v) is 15.2. The Balaban J connectivity index is 1.92. The second-order valence-electron chi connectivity index (χ2n) is 6.36. The highest BCUT2D eigenvalue weighted by molar-refractivity contribution is 5.96.